The van der Waals surface area contributed by atoms with E-state index in [0.717, 1.165) is 34.1 Å². The van der Waals surface area contributed by atoms with Crippen LogP contribution in [0.15, 0.2) is 255 Å². The van der Waals surface area contributed by atoms with Gasteiger partial charge in [0.05, 0.1) is 5.69 Å². The fourth-order valence-electron chi connectivity index (χ4n) is 17.2. The van der Waals surface area contributed by atoms with Crippen LogP contribution in [0.1, 0.15) is 117 Å². The molecule has 0 unspecified atom stereocenters. The van der Waals surface area contributed by atoms with Crippen LogP contribution in [0.4, 0.5) is 91.0 Å². The van der Waals surface area contributed by atoms with Gasteiger partial charge in [-0.1, -0.05) is 220 Å². The van der Waals surface area contributed by atoms with Gasteiger partial charge in [-0.2, -0.15) is 0 Å². The van der Waals surface area contributed by atoms with Gasteiger partial charge in [0.1, 0.15) is 0 Å². The Morgan fingerprint density at radius 3 is 0.957 bits per heavy atom. The first-order chi connectivity index (χ1) is 45.9. The Labute approximate surface area is 557 Å². The Kier molecular flexibility index (Phi) is 14.3. The maximum absolute atomic E-state index is 2.98. The highest BCUT2D eigenvalue weighted by molar-refractivity contribution is 7.03. The third-order valence-corrected chi connectivity index (χ3v) is 21.6. The molecule has 2 aliphatic carbocycles. The molecule has 0 spiro atoms. The van der Waals surface area contributed by atoms with Crippen molar-refractivity contribution in [2.75, 3.05) is 29.4 Å². The molecule has 8 heteroatoms. The molecule has 0 radical (unpaired) electrons. The molecule has 0 saturated heterocycles. The fraction of sp³-hybridized carbons (Fsp3) is 0.233. The largest absolute Gasteiger partial charge is 0.365 e. The van der Waals surface area contributed by atoms with E-state index in [1.165, 1.54) is 165 Å². The van der Waals surface area contributed by atoms with Gasteiger partial charge >= 0.3 is 0 Å². The highest BCUT2D eigenvalue weighted by Gasteiger charge is 2.49. The molecule has 17 rings (SSSR count). The minimum absolute atomic E-state index is 0.00901. The van der Waals surface area contributed by atoms with Crippen molar-refractivity contribution in [1.29, 1.82) is 0 Å². The van der Waals surface area contributed by atoms with E-state index in [2.05, 4.69) is 326 Å². The second kappa shape index (κ2) is 23.1. The summed E-state index contributed by atoms with van der Waals surface area (Å²) >= 11 is 0. The number of fused-ring (bicyclic) bond motifs is 8. The number of para-hydroxylation sites is 6. The highest BCUT2D eigenvalue weighted by Crippen LogP contribution is 2.52. The first-order valence-electron chi connectivity index (χ1n) is 34.9. The van der Waals surface area contributed by atoms with Crippen molar-refractivity contribution >= 4 is 137 Å². The van der Waals surface area contributed by atoms with E-state index in [0.29, 0.717) is 12.1 Å². The molecule has 0 amide bonds. The summed E-state index contributed by atoms with van der Waals surface area (Å²) in [5.41, 5.74) is 29.5. The van der Waals surface area contributed by atoms with Gasteiger partial charge in [-0.25, -0.2) is 0 Å². The maximum Gasteiger partial charge on any atom is 0.252 e. The number of hydrogen-bond acceptors (Lipinski definition) is 6. The molecule has 462 valence electrons. The van der Waals surface area contributed by atoms with Crippen LogP contribution in [-0.4, -0.2) is 25.5 Å². The zero-order chi connectivity index (χ0) is 63.4. The van der Waals surface area contributed by atoms with E-state index in [1.807, 2.05) is 0 Å². The lowest BCUT2D eigenvalue weighted by atomic mass is 9.30. The maximum atomic E-state index is 2.98. The third-order valence-electron chi connectivity index (χ3n) is 21.6. The van der Waals surface area contributed by atoms with Crippen molar-refractivity contribution in [3.8, 4) is 0 Å². The van der Waals surface area contributed by atoms with Crippen molar-refractivity contribution in [3.63, 3.8) is 0 Å². The lowest BCUT2D eigenvalue weighted by Crippen LogP contribution is -2.65. The van der Waals surface area contributed by atoms with Crippen LogP contribution >= 0.6 is 0 Å². The predicted molar refractivity (Wildman–Crippen MR) is 403 cm³/mol. The second-order valence-corrected chi connectivity index (χ2v) is 29.4. The normalized spacial score (nSPS) is 15.8. The zero-order valence-electron chi connectivity index (χ0n) is 55.3. The zero-order valence-corrected chi connectivity index (χ0v) is 55.3. The number of hydrogen-bond donors (Lipinski definition) is 0. The van der Waals surface area contributed by atoms with Crippen LogP contribution < -0.4 is 62.2 Å². The summed E-state index contributed by atoms with van der Waals surface area (Å²) in [5, 5.41) is 0. The van der Waals surface area contributed by atoms with Crippen molar-refractivity contribution in [2.45, 2.75) is 129 Å². The van der Waals surface area contributed by atoms with Crippen molar-refractivity contribution in [2.24, 2.45) is 0 Å². The molecule has 6 aliphatic rings. The molecular weight excluding hydrogens is 1140 g/mol. The van der Waals surface area contributed by atoms with Crippen molar-refractivity contribution in [3.05, 3.63) is 266 Å². The molecule has 0 N–H and O–H groups in total. The van der Waals surface area contributed by atoms with E-state index < -0.39 is 0 Å². The van der Waals surface area contributed by atoms with Gasteiger partial charge in [-0.05, 0) is 196 Å². The average Bonchev–Trinajstić information content (AvgIpc) is 0.687. The third kappa shape index (κ3) is 9.76. The Balaban J connectivity index is 0.968. The van der Waals surface area contributed by atoms with Crippen molar-refractivity contribution < 1.29 is 0 Å². The standard InChI is InChI=1S/C86H82B2N6/c1-85(2,3)59-45-49-67(50-46-59)90(68-51-47-60(48-52-68)86(4,5)6)70-54-80-84-82(56-70)94(66-39-23-12-24-40-66)78-58-77-73(57-74(78)88(84)72-42-26-28-44-76(72)92(80)64-35-19-10-20-36-64)87-71-41-25-27-43-75(71)91(63-33-17-9-18-34-63)79-53-69(55-81(83(79)87)93(77)65-37-21-11-22-38-65)89(61-29-13-7-14-30-61)62-31-15-8-16-32-62/h9-12,17-28,33-58,61-62H,7-8,13-16,29-32H2,1-6H3. The van der Waals surface area contributed by atoms with Crippen LogP contribution in [0.3, 0.4) is 0 Å². The molecule has 2 fully saturated rings. The molecule has 4 aliphatic heterocycles. The predicted octanol–water partition coefficient (Wildman–Crippen LogP) is 19.4. The topological polar surface area (TPSA) is 19.4 Å². The number of benzene rings is 11. The summed E-state index contributed by atoms with van der Waals surface area (Å²) in [5.74, 6) is 0. The number of nitrogens with zero attached hydrogens (tertiary/aromatic N) is 6. The first kappa shape index (κ1) is 58.2. The first-order valence-corrected chi connectivity index (χ1v) is 34.9. The van der Waals surface area contributed by atoms with Gasteiger partial charge in [0.15, 0.2) is 0 Å². The van der Waals surface area contributed by atoms with Gasteiger partial charge in [-0.15, -0.1) is 0 Å². The Morgan fingerprint density at radius 2 is 0.606 bits per heavy atom. The summed E-state index contributed by atoms with van der Waals surface area (Å²) in [4.78, 5) is 16.0. The highest BCUT2D eigenvalue weighted by atomic mass is 15.2. The van der Waals surface area contributed by atoms with Gasteiger partial charge in [-0.3, -0.25) is 0 Å². The van der Waals surface area contributed by atoms with Crippen LogP contribution in [0, 0.1) is 0 Å². The molecule has 0 bridgehead atoms. The molecule has 2 saturated carbocycles. The average molecular weight is 1220 g/mol. The van der Waals surface area contributed by atoms with Crippen molar-refractivity contribution in [1.82, 2.24) is 0 Å². The summed E-state index contributed by atoms with van der Waals surface area (Å²) in [6.45, 7) is 13.6. The van der Waals surface area contributed by atoms with E-state index in [4.69, 9.17) is 0 Å². The quantitative estimate of drug-likeness (QED) is 0.126. The molecule has 11 aromatic rings. The summed E-state index contributed by atoms with van der Waals surface area (Å²) in [6.07, 6.45) is 12.8. The molecule has 94 heavy (non-hydrogen) atoms. The van der Waals surface area contributed by atoms with E-state index in [1.54, 1.807) is 0 Å². The van der Waals surface area contributed by atoms with E-state index >= 15 is 0 Å². The smallest absolute Gasteiger partial charge is 0.252 e. The Morgan fingerprint density at radius 1 is 0.287 bits per heavy atom. The van der Waals surface area contributed by atoms with Crippen LogP contribution in [0.25, 0.3) is 0 Å². The van der Waals surface area contributed by atoms with Crippen LogP contribution in [-0.2, 0) is 10.8 Å². The molecular formula is C86H82B2N6. The van der Waals surface area contributed by atoms with Crippen LogP contribution in [0.2, 0.25) is 0 Å². The molecule has 0 aromatic heterocycles. The summed E-state index contributed by atoms with van der Waals surface area (Å²) < 4.78 is 0. The van der Waals surface area contributed by atoms with Crippen LogP contribution in [0.5, 0.6) is 0 Å². The molecule has 0 atom stereocenters. The Hall–Kier alpha value is -9.65. The summed E-state index contributed by atoms with van der Waals surface area (Å²) in [7, 11) is 0. The Bertz CT molecular complexity index is 4550. The van der Waals surface area contributed by atoms with E-state index in [-0.39, 0.29) is 24.3 Å². The SMILES string of the molecule is CC(C)(C)c1ccc(N(c2ccc(C(C)(C)C)cc2)c2cc3c4c(c2)N(c2ccccc2)c2cc5c(cc2B4c2ccccc2N3c2ccccc2)B2c3ccccc3N(c3ccccc3)c3cc(N(C4CCCCC4)C4CCCCC4)cc(c32)N5c2ccccc2)cc1. The second-order valence-electron chi connectivity index (χ2n) is 29.4. The number of anilines is 16. The summed E-state index contributed by atoms with van der Waals surface area (Å²) in [6, 6.07) is 99.0. The lowest BCUT2D eigenvalue weighted by Gasteiger charge is -2.48. The van der Waals surface area contributed by atoms with Gasteiger partial charge < -0.3 is 29.4 Å². The fourth-order valence-corrected chi connectivity index (χ4v) is 17.2. The van der Waals surface area contributed by atoms with Gasteiger partial charge in [0.25, 0.3) is 13.4 Å². The van der Waals surface area contributed by atoms with E-state index in [9.17, 15) is 0 Å². The monoisotopic (exact) mass is 1220 g/mol. The molecule has 6 nitrogen and oxygen atoms in total. The minimum Gasteiger partial charge on any atom is -0.365 e. The van der Waals surface area contributed by atoms with Gasteiger partial charge in [0, 0.05) is 97.4 Å². The molecule has 4 heterocycles. The lowest BCUT2D eigenvalue weighted by molar-refractivity contribution is 0.340. The van der Waals surface area contributed by atoms with Gasteiger partial charge in [0.2, 0.25) is 0 Å². The number of rotatable bonds is 10. The minimum atomic E-state index is -0.131. The molecule has 11 aromatic carbocycles.